The summed E-state index contributed by atoms with van der Waals surface area (Å²) in [6.07, 6.45) is 2.48. The third-order valence-electron chi connectivity index (χ3n) is 5.71. The standard InChI is InChI=1S/C27H31NO4/c1-6-14-28-24(20-10-8-19(9-11-20)17(3)4)23(26(30)27(28)31)25(29)22-13-12-21(16-18(22)5)32-15-7-2/h6,8-13,16-17,24,29H,1,7,14-15H2,2-5H3/b25-23-. The molecule has 5 heteroatoms. The first-order chi connectivity index (χ1) is 15.3. The second-order valence-electron chi connectivity index (χ2n) is 8.39. The van der Waals surface area contributed by atoms with E-state index in [4.69, 9.17) is 4.74 Å². The van der Waals surface area contributed by atoms with Crippen molar-refractivity contribution in [1.29, 1.82) is 0 Å². The van der Waals surface area contributed by atoms with Crippen LogP contribution in [0.2, 0.25) is 0 Å². The molecule has 1 fully saturated rings. The predicted octanol–water partition coefficient (Wildman–Crippen LogP) is 5.51. The van der Waals surface area contributed by atoms with E-state index < -0.39 is 17.7 Å². The molecule has 1 aliphatic rings. The molecule has 1 unspecified atom stereocenters. The highest BCUT2D eigenvalue weighted by molar-refractivity contribution is 6.46. The number of likely N-dealkylation sites (tertiary alicyclic amines) is 1. The molecule has 0 radical (unpaired) electrons. The van der Waals surface area contributed by atoms with Crippen LogP contribution in [0, 0.1) is 6.92 Å². The van der Waals surface area contributed by atoms with Gasteiger partial charge in [-0.15, -0.1) is 6.58 Å². The maximum atomic E-state index is 13.0. The van der Waals surface area contributed by atoms with Crippen LogP contribution in [-0.4, -0.2) is 34.8 Å². The Hall–Kier alpha value is -3.34. The van der Waals surface area contributed by atoms with Crippen molar-refractivity contribution in [3.8, 4) is 5.75 Å². The van der Waals surface area contributed by atoms with E-state index in [9.17, 15) is 14.7 Å². The van der Waals surface area contributed by atoms with Crippen LogP contribution in [0.1, 0.15) is 61.4 Å². The summed E-state index contributed by atoms with van der Waals surface area (Å²) < 4.78 is 5.67. The Morgan fingerprint density at radius 3 is 2.44 bits per heavy atom. The fourth-order valence-electron chi connectivity index (χ4n) is 3.97. The van der Waals surface area contributed by atoms with Gasteiger partial charge in [-0.3, -0.25) is 9.59 Å². The quantitative estimate of drug-likeness (QED) is 0.258. The molecular formula is C27H31NO4. The Labute approximate surface area is 190 Å². The van der Waals surface area contributed by atoms with E-state index in [-0.39, 0.29) is 17.9 Å². The lowest BCUT2D eigenvalue weighted by molar-refractivity contribution is -0.139. The molecule has 1 heterocycles. The minimum atomic E-state index is -0.687. The molecule has 0 aliphatic carbocycles. The number of hydrogen-bond donors (Lipinski definition) is 1. The van der Waals surface area contributed by atoms with E-state index in [1.165, 1.54) is 4.90 Å². The first-order valence-electron chi connectivity index (χ1n) is 11.0. The number of aliphatic hydroxyl groups excluding tert-OH is 1. The van der Waals surface area contributed by atoms with E-state index >= 15 is 0 Å². The van der Waals surface area contributed by atoms with Crippen LogP contribution >= 0.6 is 0 Å². The van der Waals surface area contributed by atoms with Crippen LogP contribution in [0.25, 0.3) is 5.76 Å². The molecule has 1 amide bonds. The van der Waals surface area contributed by atoms with Crippen LogP contribution in [-0.2, 0) is 9.59 Å². The summed E-state index contributed by atoms with van der Waals surface area (Å²) in [7, 11) is 0. The Morgan fingerprint density at radius 1 is 1.19 bits per heavy atom. The van der Waals surface area contributed by atoms with Crippen molar-refractivity contribution in [1.82, 2.24) is 4.90 Å². The number of benzene rings is 2. The lowest BCUT2D eigenvalue weighted by atomic mass is 9.92. The second kappa shape index (κ2) is 9.86. The van der Waals surface area contributed by atoms with Gasteiger partial charge in [-0.05, 0) is 54.2 Å². The Balaban J connectivity index is 2.12. The summed E-state index contributed by atoms with van der Waals surface area (Å²) in [4.78, 5) is 27.3. The van der Waals surface area contributed by atoms with Gasteiger partial charge in [0.15, 0.2) is 0 Å². The summed E-state index contributed by atoms with van der Waals surface area (Å²) >= 11 is 0. The molecule has 1 atom stereocenters. The minimum Gasteiger partial charge on any atom is -0.507 e. The van der Waals surface area contributed by atoms with Crippen molar-refractivity contribution in [2.45, 2.75) is 46.1 Å². The number of aryl methyl sites for hydroxylation is 1. The monoisotopic (exact) mass is 433 g/mol. The number of nitrogens with zero attached hydrogens (tertiary/aromatic N) is 1. The SMILES string of the molecule is C=CCN1C(=O)C(=O)/C(=C(\O)c2ccc(OCCC)cc2C)C1c1ccc(C(C)C)cc1. The number of carbonyl (C=O) groups excluding carboxylic acids is 2. The molecule has 0 spiro atoms. The average molecular weight is 434 g/mol. The lowest BCUT2D eigenvalue weighted by Gasteiger charge is -2.24. The zero-order valence-corrected chi connectivity index (χ0v) is 19.2. The number of amides is 1. The average Bonchev–Trinajstić information content (AvgIpc) is 3.02. The molecular weight excluding hydrogens is 402 g/mol. The molecule has 1 N–H and O–H groups in total. The van der Waals surface area contributed by atoms with Crippen molar-refractivity contribution in [2.24, 2.45) is 0 Å². The van der Waals surface area contributed by atoms with Crippen molar-refractivity contribution in [3.05, 3.63) is 82.9 Å². The number of ether oxygens (including phenoxy) is 1. The summed E-state index contributed by atoms with van der Waals surface area (Å²) in [6, 6.07) is 12.5. The van der Waals surface area contributed by atoms with Gasteiger partial charge in [0.25, 0.3) is 11.7 Å². The summed E-state index contributed by atoms with van der Waals surface area (Å²) in [5, 5.41) is 11.2. The molecule has 2 aromatic rings. The van der Waals surface area contributed by atoms with Gasteiger partial charge in [-0.25, -0.2) is 0 Å². The molecule has 0 saturated carbocycles. The van der Waals surface area contributed by atoms with Crippen molar-refractivity contribution >= 4 is 17.4 Å². The second-order valence-corrected chi connectivity index (χ2v) is 8.39. The molecule has 1 saturated heterocycles. The highest BCUT2D eigenvalue weighted by atomic mass is 16.5. The van der Waals surface area contributed by atoms with Crippen molar-refractivity contribution < 1.29 is 19.4 Å². The van der Waals surface area contributed by atoms with Gasteiger partial charge in [-0.2, -0.15) is 0 Å². The Kier molecular flexibility index (Phi) is 7.18. The Bertz CT molecular complexity index is 1050. The zero-order chi connectivity index (χ0) is 23.4. The molecule has 1 aliphatic heterocycles. The summed E-state index contributed by atoms with van der Waals surface area (Å²) in [6.45, 7) is 12.6. The number of ketones is 1. The lowest BCUT2D eigenvalue weighted by Crippen LogP contribution is -2.29. The molecule has 0 aromatic heterocycles. The summed E-state index contributed by atoms with van der Waals surface area (Å²) in [5.41, 5.74) is 3.30. The van der Waals surface area contributed by atoms with E-state index in [2.05, 4.69) is 20.4 Å². The van der Waals surface area contributed by atoms with Crippen LogP contribution in [0.15, 0.2) is 60.7 Å². The molecule has 5 nitrogen and oxygen atoms in total. The number of Topliss-reactive ketones (excluding diaryl/α,β-unsaturated/α-hetero) is 1. The van der Waals surface area contributed by atoms with E-state index in [1.54, 1.807) is 18.2 Å². The first-order valence-corrected chi connectivity index (χ1v) is 11.0. The topological polar surface area (TPSA) is 66.8 Å². The normalized spacial score (nSPS) is 17.8. The van der Waals surface area contributed by atoms with Gasteiger partial charge in [0.2, 0.25) is 0 Å². The molecule has 2 aromatic carbocycles. The number of carbonyl (C=O) groups is 2. The number of rotatable bonds is 8. The first kappa shape index (κ1) is 23.3. The molecule has 32 heavy (non-hydrogen) atoms. The smallest absolute Gasteiger partial charge is 0.295 e. The van der Waals surface area contributed by atoms with Gasteiger partial charge < -0.3 is 14.7 Å². The van der Waals surface area contributed by atoms with Crippen molar-refractivity contribution in [2.75, 3.05) is 13.2 Å². The van der Waals surface area contributed by atoms with Gasteiger partial charge >= 0.3 is 0 Å². The molecule has 0 bridgehead atoms. The fourth-order valence-corrected chi connectivity index (χ4v) is 3.97. The maximum absolute atomic E-state index is 13.0. The van der Waals surface area contributed by atoms with Crippen molar-refractivity contribution in [3.63, 3.8) is 0 Å². The predicted molar refractivity (Wildman–Crippen MR) is 127 cm³/mol. The fraction of sp³-hybridized carbons (Fsp3) is 0.333. The zero-order valence-electron chi connectivity index (χ0n) is 19.2. The van der Waals surface area contributed by atoms with Crippen LogP contribution < -0.4 is 4.74 Å². The highest BCUT2D eigenvalue weighted by Gasteiger charge is 2.45. The molecule has 168 valence electrons. The van der Waals surface area contributed by atoms with Crippen LogP contribution in [0.5, 0.6) is 5.75 Å². The minimum absolute atomic E-state index is 0.0967. The third kappa shape index (κ3) is 4.47. The maximum Gasteiger partial charge on any atom is 0.295 e. The number of hydrogen-bond acceptors (Lipinski definition) is 4. The largest absolute Gasteiger partial charge is 0.507 e. The van der Waals surface area contributed by atoms with E-state index in [0.29, 0.717) is 23.8 Å². The molecule has 3 rings (SSSR count). The Morgan fingerprint density at radius 2 is 1.88 bits per heavy atom. The van der Waals surface area contributed by atoms with Gasteiger partial charge in [0, 0.05) is 12.1 Å². The third-order valence-corrected chi connectivity index (χ3v) is 5.71. The highest BCUT2D eigenvalue weighted by Crippen LogP contribution is 2.40. The summed E-state index contributed by atoms with van der Waals surface area (Å²) in [5.74, 6) is -0.432. The number of aliphatic hydroxyl groups is 1. The van der Waals surface area contributed by atoms with Crippen LogP contribution in [0.4, 0.5) is 0 Å². The van der Waals surface area contributed by atoms with Gasteiger partial charge in [-0.1, -0.05) is 51.1 Å². The van der Waals surface area contributed by atoms with Gasteiger partial charge in [0.1, 0.15) is 11.5 Å². The van der Waals surface area contributed by atoms with E-state index in [0.717, 1.165) is 23.1 Å². The van der Waals surface area contributed by atoms with Gasteiger partial charge in [0.05, 0.1) is 18.2 Å². The van der Waals surface area contributed by atoms with E-state index in [1.807, 2.05) is 44.2 Å². The van der Waals surface area contributed by atoms with Crippen LogP contribution in [0.3, 0.4) is 0 Å².